The summed E-state index contributed by atoms with van der Waals surface area (Å²) < 4.78 is 20.2. The van der Waals surface area contributed by atoms with E-state index < -0.39 is 0 Å². The van der Waals surface area contributed by atoms with E-state index in [2.05, 4.69) is 22.8 Å². The predicted molar refractivity (Wildman–Crippen MR) is 96.2 cm³/mol. The Bertz CT molecular complexity index is 787. The second kappa shape index (κ2) is 7.54. The molecule has 2 aromatic rings. The number of hydrogen-bond acceptors (Lipinski definition) is 4. The van der Waals surface area contributed by atoms with Crippen LogP contribution in [0.4, 0.5) is 10.1 Å². The molecule has 0 fully saturated rings. The number of para-hydroxylation sites is 2. The second-order valence-electron chi connectivity index (χ2n) is 6.36. The lowest BCUT2D eigenvalue weighted by Gasteiger charge is -2.37. The van der Waals surface area contributed by atoms with Crippen LogP contribution in [0.1, 0.15) is 18.1 Å². The Kier molecular flexibility index (Phi) is 5.20. The molecule has 0 aliphatic carbocycles. The van der Waals surface area contributed by atoms with Crippen molar-refractivity contribution in [3.05, 3.63) is 59.4 Å². The summed E-state index contributed by atoms with van der Waals surface area (Å²) in [6.45, 7) is 5.04. The molecule has 1 heterocycles. The van der Waals surface area contributed by atoms with Gasteiger partial charge < -0.3 is 9.64 Å². The molecular formula is C20H22FN3O. The van der Waals surface area contributed by atoms with Crippen LogP contribution < -0.4 is 9.64 Å². The molecule has 0 unspecified atom stereocenters. The third kappa shape index (κ3) is 3.92. The number of halogens is 1. The summed E-state index contributed by atoms with van der Waals surface area (Å²) in [5, 5.41) is 8.83. The fraction of sp³-hybridized carbons (Fsp3) is 0.350. The topological polar surface area (TPSA) is 39.5 Å². The van der Waals surface area contributed by atoms with Crippen molar-refractivity contribution in [1.82, 2.24) is 4.90 Å². The Labute approximate surface area is 148 Å². The third-order valence-electron chi connectivity index (χ3n) is 4.44. The number of ether oxygens (including phenoxy) is 1. The number of hydrogen-bond donors (Lipinski definition) is 0. The zero-order valence-corrected chi connectivity index (χ0v) is 14.6. The normalized spacial score (nSPS) is 16.3. The van der Waals surface area contributed by atoms with E-state index in [1.807, 2.05) is 31.3 Å². The van der Waals surface area contributed by atoms with Gasteiger partial charge in [0.25, 0.3) is 0 Å². The predicted octanol–water partition coefficient (Wildman–Crippen LogP) is 3.42. The summed E-state index contributed by atoms with van der Waals surface area (Å²) in [4.78, 5) is 4.36. The van der Waals surface area contributed by atoms with Crippen molar-refractivity contribution in [2.24, 2.45) is 0 Å². The van der Waals surface area contributed by atoms with Crippen LogP contribution in [0.3, 0.4) is 0 Å². The smallest absolute Gasteiger partial charge is 0.143 e. The van der Waals surface area contributed by atoms with Crippen molar-refractivity contribution in [2.45, 2.75) is 19.6 Å². The monoisotopic (exact) mass is 339 g/mol. The highest BCUT2D eigenvalue weighted by Crippen LogP contribution is 2.32. The SMILES string of the molecule is CCN1C[C@@H](CN(C)Cc2ccc(C#N)cc2F)Oc2ccccc21. The largest absolute Gasteiger partial charge is 0.485 e. The van der Waals surface area contributed by atoms with Gasteiger partial charge in [-0.15, -0.1) is 0 Å². The molecule has 4 nitrogen and oxygen atoms in total. The molecule has 0 saturated carbocycles. The Hall–Kier alpha value is -2.58. The first-order chi connectivity index (χ1) is 12.1. The maximum atomic E-state index is 14.1. The highest BCUT2D eigenvalue weighted by Gasteiger charge is 2.25. The van der Waals surface area contributed by atoms with Crippen LogP contribution in [0, 0.1) is 17.1 Å². The Balaban J connectivity index is 1.66. The first-order valence-corrected chi connectivity index (χ1v) is 8.48. The number of benzene rings is 2. The molecular weight excluding hydrogens is 317 g/mol. The highest BCUT2D eigenvalue weighted by atomic mass is 19.1. The molecule has 2 aromatic carbocycles. The molecule has 3 rings (SSSR count). The summed E-state index contributed by atoms with van der Waals surface area (Å²) in [6.07, 6.45) is 0.0290. The number of rotatable bonds is 5. The van der Waals surface area contributed by atoms with E-state index in [9.17, 15) is 4.39 Å². The van der Waals surface area contributed by atoms with Gasteiger partial charge in [-0.25, -0.2) is 4.39 Å². The fourth-order valence-corrected chi connectivity index (χ4v) is 3.22. The molecule has 0 amide bonds. The zero-order chi connectivity index (χ0) is 17.8. The van der Waals surface area contributed by atoms with E-state index in [0.29, 0.717) is 24.2 Å². The standard InChI is InChI=1S/C20H22FN3O/c1-3-24-14-17(25-20-7-5-4-6-19(20)24)13-23(2)12-16-9-8-15(11-22)10-18(16)21/h4-10,17H,3,12-14H2,1-2H3/t17-/m1/s1. The minimum atomic E-state index is -0.337. The average Bonchev–Trinajstić information content (AvgIpc) is 2.62. The Morgan fingerprint density at radius 1 is 1.32 bits per heavy atom. The molecule has 0 N–H and O–H groups in total. The van der Waals surface area contributed by atoms with E-state index in [4.69, 9.17) is 10.00 Å². The number of fused-ring (bicyclic) bond motifs is 1. The number of anilines is 1. The third-order valence-corrected chi connectivity index (χ3v) is 4.44. The quantitative estimate of drug-likeness (QED) is 0.837. The lowest BCUT2D eigenvalue weighted by molar-refractivity contribution is 0.139. The van der Waals surface area contributed by atoms with Crippen LogP contribution >= 0.6 is 0 Å². The van der Waals surface area contributed by atoms with Crippen molar-refractivity contribution in [3.63, 3.8) is 0 Å². The minimum Gasteiger partial charge on any atom is -0.485 e. The van der Waals surface area contributed by atoms with Crippen LogP contribution in [-0.2, 0) is 6.54 Å². The van der Waals surface area contributed by atoms with Crippen LogP contribution in [0.2, 0.25) is 0 Å². The second-order valence-corrected chi connectivity index (χ2v) is 6.36. The summed E-state index contributed by atoms with van der Waals surface area (Å²) in [6, 6.07) is 14.6. The lowest BCUT2D eigenvalue weighted by atomic mass is 10.1. The van der Waals surface area contributed by atoms with Gasteiger partial charge in [0.2, 0.25) is 0 Å². The summed E-state index contributed by atoms with van der Waals surface area (Å²) in [5.41, 5.74) is 2.06. The van der Waals surface area contributed by atoms with Gasteiger partial charge in [0.15, 0.2) is 0 Å². The molecule has 1 aliphatic heterocycles. The fourth-order valence-electron chi connectivity index (χ4n) is 3.22. The number of likely N-dealkylation sites (N-methyl/N-ethyl adjacent to an activating group) is 2. The molecule has 0 aromatic heterocycles. The Morgan fingerprint density at radius 2 is 2.12 bits per heavy atom. The van der Waals surface area contributed by atoms with Gasteiger partial charge in [-0.05, 0) is 38.2 Å². The first-order valence-electron chi connectivity index (χ1n) is 8.48. The average molecular weight is 339 g/mol. The van der Waals surface area contributed by atoms with Crippen LogP contribution in [-0.4, -0.2) is 37.7 Å². The summed E-state index contributed by atoms with van der Waals surface area (Å²) in [7, 11) is 1.96. The van der Waals surface area contributed by atoms with E-state index >= 15 is 0 Å². The van der Waals surface area contributed by atoms with Crippen molar-refractivity contribution in [2.75, 3.05) is 31.6 Å². The van der Waals surface area contributed by atoms with Gasteiger partial charge in [-0.1, -0.05) is 18.2 Å². The van der Waals surface area contributed by atoms with E-state index in [0.717, 1.165) is 24.5 Å². The molecule has 0 saturated heterocycles. The molecule has 5 heteroatoms. The highest BCUT2D eigenvalue weighted by molar-refractivity contribution is 5.60. The molecule has 25 heavy (non-hydrogen) atoms. The zero-order valence-electron chi connectivity index (χ0n) is 14.6. The number of nitriles is 1. The molecule has 130 valence electrons. The molecule has 0 radical (unpaired) electrons. The Morgan fingerprint density at radius 3 is 2.84 bits per heavy atom. The van der Waals surface area contributed by atoms with Crippen molar-refractivity contribution < 1.29 is 9.13 Å². The van der Waals surface area contributed by atoms with Gasteiger partial charge in [-0.3, -0.25) is 4.90 Å². The van der Waals surface area contributed by atoms with Gasteiger partial charge in [-0.2, -0.15) is 5.26 Å². The van der Waals surface area contributed by atoms with Gasteiger partial charge in [0.05, 0.1) is 23.9 Å². The maximum Gasteiger partial charge on any atom is 0.143 e. The van der Waals surface area contributed by atoms with E-state index in [1.165, 1.54) is 6.07 Å². The van der Waals surface area contributed by atoms with Crippen LogP contribution in [0.15, 0.2) is 42.5 Å². The molecule has 0 spiro atoms. The maximum absolute atomic E-state index is 14.1. The minimum absolute atomic E-state index is 0.0290. The molecule has 0 bridgehead atoms. The lowest BCUT2D eigenvalue weighted by Crippen LogP contribution is -2.45. The first kappa shape index (κ1) is 17.2. The van der Waals surface area contributed by atoms with E-state index in [-0.39, 0.29) is 11.9 Å². The number of nitrogens with zero attached hydrogens (tertiary/aromatic N) is 3. The van der Waals surface area contributed by atoms with Gasteiger partial charge >= 0.3 is 0 Å². The molecule has 1 aliphatic rings. The van der Waals surface area contributed by atoms with E-state index in [1.54, 1.807) is 12.1 Å². The molecule has 1 atom stereocenters. The van der Waals surface area contributed by atoms with Crippen LogP contribution in [0.5, 0.6) is 5.75 Å². The van der Waals surface area contributed by atoms with Crippen LogP contribution in [0.25, 0.3) is 0 Å². The van der Waals surface area contributed by atoms with Gasteiger partial charge in [0, 0.05) is 25.2 Å². The van der Waals surface area contributed by atoms with Gasteiger partial charge in [0.1, 0.15) is 17.7 Å². The summed E-state index contributed by atoms with van der Waals surface area (Å²) >= 11 is 0. The van der Waals surface area contributed by atoms with Crippen molar-refractivity contribution >= 4 is 5.69 Å². The van der Waals surface area contributed by atoms with Crippen molar-refractivity contribution in [1.29, 1.82) is 5.26 Å². The van der Waals surface area contributed by atoms with Crippen molar-refractivity contribution in [3.8, 4) is 11.8 Å². The summed E-state index contributed by atoms with van der Waals surface area (Å²) in [5.74, 6) is 0.564.